The number of hydrogen-bond donors (Lipinski definition) is 2. The third kappa shape index (κ3) is 3.37. The summed E-state index contributed by atoms with van der Waals surface area (Å²) in [6, 6.07) is 13.3. The van der Waals surface area contributed by atoms with Gasteiger partial charge in [0, 0.05) is 19.3 Å². The van der Waals surface area contributed by atoms with Crippen molar-refractivity contribution in [2.75, 3.05) is 13.1 Å². The maximum absolute atomic E-state index is 11.3. The molecule has 0 aliphatic carbocycles. The molecule has 6 heteroatoms. The predicted molar refractivity (Wildman–Crippen MR) is 91.3 cm³/mol. The molecule has 126 valence electrons. The van der Waals surface area contributed by atoms with Gasteiger partial charge in [-0.05, 0) is 30.5 Å². The fourth-order valence-corrected chi connectivity index (χ4v) is 3.45. The van der Waals surface area contributed by atoms with Crippen LogP contribution in [-0.4, -0.2) is 44.9 Å². The minimum atomic E-state index is -1.05. The molecule has 0 saturated carbocycles. The molecule has 1 unspecified atom stereocenters. The monoisotopic (exact) mass is 346 g/mol. The summed E-state index contributed by atoms with van der Waals surface area (Å²) in [5.74, 6) is -0.327. The Balaban J connectivity index is 1.96. The molecule has 2 aromatic rings. The molecule has 1 saturated heterocycles. The van der Waals surface area contributed by atoms with E-state index in [4.69, 9.17) is 16.7 Å². The molecule has 5 nitrogen and oxygen atoms in total. The van der Waals surface area contributed by atoms with Gasteiger partial charge in [0.05, 0.1) is 22.2 Å². The van der Waals surface area contributed by atoms with Crippen molar-refractivity contribution in [2.24, 2.45) is 0 Å². The highest BCUT2D eigenvalue weighted by Gasteiger charge is 2.42. The fourth-order valence-electron chi connectivity index (χ4n) is 3.33. The lowest BCUT2D eigenvalue weighted by Crippen LogP contribution is -2.49. The van der Waals surface area contributed by atoms with Gasteiger partial charge in [-0.3, -0.25) is 4.98 Å². The van der Waals surface area contributed by atoms with E-state index in [2.05, 4.69) is 4.98 Å². The van der Waals surface area contributed by atoms with Gasteiger partial charge in [-0.25, -0.2) is 4.79 Å². The van der Waals surface area contributed by atoms with Gasteiger partial charge in [-0.2, -0.15) is 0 Å². The Morgan fingerprint density at radius 1 is 1.17 bits per heavy atom. The van der Waals surface area contributed by atoms with Crippen LogP contribution in [0.4, 0.5) is 4.79 Å². The van der Waals surface area contributed by atoms with E-state index in [0.29, 0.717) is 31.0 Å². The number of pyridine rings is 1. The first-order valence-corrected chi connectivity index (χ1v) is 8.24. The molecular formula is C18H19ClN2O3. The van der Waals surface area contributed by atoms with Gasteiger partial charge in [0.1, 0.15) is 0 Å². The number of aliphatic hydroxyl groups is 1. The second kappa shape index (κ2) is 6.79. The summed E-state index contributed by atoms with van der Waals surface area (Å²) in [6.07, 6.45) is 1.35. The first-order valence-electron chi connectivity index (χ1n) is 7.86. The number of carboxylic acid groups (broad SMARTS) is 1. The molecule has 24 heavy (non-hydrogen) atoms. The van der Waals surface area contributed by atoms with E-state index in [-0.39, 0.29) is 5.92 Å². The third-order valence-electron chi connectivity index (χ3n) is 4.62. The maximum atomic E-state index is 11.3. The normalized spacial score (nSPS) is 18.2. The second-order valence-electron chi connectivity index (χ2n) is 6.12. The SMILES string of the molecule is O=C(O)N1CCC(O)(C(c2ccccc2)c2ccc(Cl)cn2)CC1. The van der Waals surface area contributed by atoms with Crippen molar-refractivity contribution >= 4 is 17.7 Å². The van der Waals surface area contributed by atoms with Gasteiger partial charge < -0.3 is 15.1 Å². The quantitative estimate of drug-likeness (QED) is 0.893. The molecule has 1 atom stereocenters. The fraction of sp³-hybridized carbons (Fsp3) is 0.333. The molecule has 2 heterocycles. The maximum Gasteiger partial charge on any atom is 0.407 e. The lowest BCUT2D eigenvalue weighted by atomic mass is 9.74. The van der Waals surface area contributed by atoms with Crippen LogP contribution in [0.2, 0.25) is 5.02 Å². The summed E-state index contributed by atoms with van der Waals surface area (Å²) in [6.45, 7) is 0.617. The summed E-state index contributed by atoms with van der Waals surface area (Å²) in [5, 5.41) is 21.0. The predicted octanol–water partition coefficient (Wildman–Crippen LogP) is 3.37. The minimum Gasteiger partial charge on any atom is -0.465 e. The van der Waals surface area contributed by atoms with E-state index >= 15 is 0 Å². The Bertz CT molecular complexity index is 698. The highest BCUT2D eigenvalue weighted by Crippen LogP contribution is 2.40. The molecule has 0 spiro atoms. The minimum absolute atomic E-state index is 0.308. The van der Waals surface area contributed by atoms with Crippen LogP contribution in [0.25, 0.3) is 0 Å². The Kier molecular flexibility index (Phi) is 4.73. The van der Waals surface area contributed by atoms with E-state index < -0.39 is 11.7 Å². The Morgan fingerprint density at radius 2 is 1.83 bits per heavy atom. The lowest BCUT2D eigenvalue weighted by Gasteiger charge is -2.42. The average molecular weight is 347 g/mol. The van der Waals surface area contributed by atoms with Crippen molar-refractivity contribution in [3.05, 3.63) is 64.9 Å². The Morgan fingerprint density at radius 3 is 2.38 bits per heavy atom. The van der Waals surface area contributed by atoms with Crippen molar-refractivity contribution in [3.8, 4) is 0 Å². The zero-order valence-corrected chi connectivity index (χ0v) is 13.9. The van der Waals surface area contributed by atoms with Crippen LogP contribution in [0, 0.1) is 0 Å². The van der Waals surface area contributed by atoms with E-state index in [1.165, 1.54) is 4.90 Å². The molecule has 1 aliphatic rings. The summed E-state index contributed by atoms with van der Waals surface area (Å²) in [4.78, 5) is 16.9. The molecule has 2 N–H and O–H groups in total. The molecule has 1 amide bonds. The first-order chi connectivity index (χ1) is 11.5. The number of nitrogens with zero attached hydrogens (tertiary/aromatic N) is 2. The van der Waals surface area contributed by atoms with Gasteiger partial charge in [0.2, 0.25) is 0 Å². The number of piperidine rings is 1. The van der Waals surface area contributed by atoms with Crippen LogP contribution >= 0.6 is 11.6 Å². The molecule has 1 aromatic heterocycles. The van der Waals surface area contributed by atoms with Crippen LogP contribution in [0.5, 0.6) is 0 Å². The molecule has 1 aliphatic heterocycles. The van der Waals surface area contributed by atoms with Crippen LogP contribution < -0.4 is 0 Å². The molecule has 3 rings (SSSR count). The molecule has 1 fully saturated rings. The van der Waals surface area contributed by atoms with E-state index in [1.807, 2.05) is 36.4 Å². The van der Waals surface area contributed by atoms with E-state index in [9.17, 15) is 9.90 Å². The van der Waals surface area contributed by atoms with Crippen LogP contribution in [0.15, 0.2) is 48.7 Å². The van der Waals surface area contributed by atoms with Crippen LogP contribution in [0.3, 0.4) is 0 Å². The summed E-state index contributed by atoms with van der Waals surface area (Å²) in [5.41, 5.74) is 0.643. The second-order valence-corrected chi connectivity index (χ2v) is 6.55. The van der Waals surface area contributed by atoms with E-state index in [1.54, 1.807) is 12.3 Å². The lowest BCUT2D eigenvalue weighted by molar-refractivity contribution is -0.0302. The highest BCUT2D eigenvalue weighted by atomic mass is 35.5. The van der Waals surface area contributed by atoms with Crippen LogP contribution in [-0.2, 0) is 0 Å². The highest BCUT2D eigenvalue weighted by molar-refractivity contribution is 6.30. The largest absolute Gasteiger partial charge is 0.465 e. The van der Waals surface area contributed by atoms with Gasteiger partial charge in [0.15, 0.2) is 0 Å². The number of halogens is 1. The Labute approximate surface area is 145 Å². The summed E-state index contributed by atoms with van der Waals surface area (Å²) < 4.78 is 0. The van der Waals surface area contributed by atoms with Crippen molar-refractivity contribution in [1.82, 2.24) is 9.88 Å². The van der Waals surface area contributed by atoms with Crippen molar-refractivity contribution in [1.29, 1.82) is 0 Å². The zero-order chi connectivity index (χ0) is 17.2. The number of aromatic nitrogens is 1. The van der Waals surface area contributed by atoms with Crippen molar-refractivity contribution < 1.29 is 15.0 Å². The van der Waals surface area contributed by atoms with Gasteiger partial charge in [-0.15, -0.1) is 0 Å². The zero-order valence-electron chi connectivity index (χ0n) is 13.1. The molecule has 0 bridgehead atoms. The number of hydrogen-bond acceptors (Lipinski definition) is 3. The molecule has 1 aromatic carbocycles. The third-order valence-corrected chi connectivity index (χ3v) is 4.84. The molecular weight excluding hydrogens is 328 g/mol. The van der Waals surface area contributed by atoms with E-state index in [0.717, 1.165) is 11.3 Å². The number of likely N-dealkylation sites (tertiary alicyclic amines) is 1. The number of carbonyl (C=O) groups is 1. The Hall–Kier alpha value is -2.11. The number of amides is 1. The smallest absolute Gasteiger partial charge is 0.407 e. The van der Waals surface area contributed by atoms with Gasteiger partial charge in [-0.1, -0.05) is 41.9 Å². The summed E-state index contributed by atoms with van der Waals surface area (Å²) in [7, 11) is 0. The van der Waals surface area contributed by atoms with Gasteiger partial charge in [0.25, 0.3) is 0 Å². The topological polar surface area (TPSA) is 73.7 Å². The summed E-state index contributed by atoms with van der Waals surface area (Å²) >= 11 is 5.94. The average Bonchev–Trinajstić information content (AvgIpc) is 2.58. The van der Waals surface area contributed by atoms with Gasteiger partial charge >= 0.3 is 6.09 Å². The standard InChI is InChI=1S/C18H19ClN2O3/c19-14-6-7-15(20-12-14)16(13-4-2-1-3-5-13)18(24)8-10-21(11-9-18)17(22)23/h1-7,12,16,24H,8-11H2,(H,22,23). The molecule has 0 radical (unpaired) electrons. The van der Waals surface area contributed by atoms with Crippen LogP contribution in [0.1, 0.15) is 30.0 Å². The van der Waals surface area contributed by atoms with Crippen molar-refractivity contribution in [2.45, 2.75) is 24.4 Å². The number of benzene rings is 1. The number of rotatable bonds is 3. The first kappa shape index (κ1) is 16.7. The van der Waals surface area contributed by atoms with Crippen molar-refractivity contribution in [3.63, 3.8) is 0 Å².